The van der Waals surface area contributed by atoms with Gasteiger partial charge in [-0.05, 0) is 49.6 Å². The Labute approximate surface area is 146 Å². The third kappa shape index (κ3) is 4.59. The minimum absolute atomic E-state index is 0.0890. The van der Waals surface area contributed by atoms with Crippen molar-refractivity contribution in [2.24, 2.45) is 0 Å². The number of carbonyl (C=O) groups is 2. The number of nitrogens with one attached hydrogen (secondary N) is 1. The molecule has 0 unspecified atom stereocenters. The number of aryl methyl sites for hydroxylation is 2. The van der Waals surface area contributed by atoms with Gasteiger partial charge in [0.1, 0.15) is 5.75 Å². The Kier molecular flexibility index (Phi) is 5.99. The van der Waals surface area contributed by atoms with Crippen LogP contribution in [0.4, 0.5) is 0 Å². The number of hydrogen-bond acceptors (Lipinski definition) is 3. The minimum atomic E-state index is -0.342. The maximum atomic E-state index is 12.0. The van der Waals surface area contributed by atoms with Crippen molar-refractivity contribution >= 4 is 23.3 Å². The van der Waals surface area contributed by atoms with Gasteiger partial charge in [0.2, 0.25) is 0 Å². The molecule has 0 radical (unpaired) electrons. The summed E-state index contributed by atoms with van der Waals surface area (Å²) in [5, 5.41) is 3.05. The molecule has 0 aliphatic rings. The lowest BCUT2D eigenvalue weighted by Crippen LogP contribution is -2.33. The number of halogens is 1. The minimum Gasteiger partial charge on any atom is -0.483 e. The summed E-state index contributed by atoms with van der Waals surface area (Å²) >= 11 is 5.85. The molecule has 0 fully saturated rings. The molecule has 0 aliphatic carbocycles. The van der Waals surface area contributed by atoms with E-state index in [4.69, 9.17) is 16.3 Å². The van der Waals surface area contributed by atoms with E-state index in [0.717, 1.165) is 16.7 Å². The summed E-state index contributed by atoms with van der Waals surface area (Å²) in [4.78, 5) is 23.9. The maximum absolute atomic E-state index is 12.0. The van der Waals surface area contributed by atoms with Crippen LogP contribution in [0.25, 0.3) is 0 Å². The number of ether oxygens (including phenoxy) is 1. The first-order valence-corrected chi connectivity index (χ1v) is 8.01. The van der Waals surface area contributed by atoms with Gasteiger partial charge in [0.05, 0.1) is 6.54 Å². The lowest BCUT2D eigenvalue weighted by Gasteiger charge is -2.13. The van der Waals surface area contributed by atoms with Gasteiger partial charge in [0.25, 0.3) is 5.91 Å². The van der Waals surface area contributed by atoms with Crippen LogP contribution >= 0.6 is 11.6 Å². The molecule has 0 heterocycles. The van der Waals surface area contributed by atoms with Crippen LogP contribution in [0, 0.1) is 20.8 Å². The number of ketones is 1. The van der Waals surface area contributed by atoms with E-state index >= 15 is 0 Å². The highest BCUT2D eigenvalue weighted by Gasteiger charge is 2.11. The fourth-order valence-corrected chi connectivity index (χ4v) is 2.47. The van der Waals surface area contributed by atoms with E-state index in [1.54, 1.807) is 24.3 Å². The van der Waals surface area contributed by atoms with Crippen LogP contribution in [0.15, 0.2) is 36.4 Å². The summed E-state index contributed by atoms with van der Waals surface area (Å²) in [6.45, 7) is 5.66. The molecular weight excluding hydrogens is 326 g/mol. The normalized spacial score (nSPS) is 10.3. The molecule has 126 valence electrons. The average molecular weight is 346 g/mol. The molecule has 0 aliphatic heterocycles. The summed E-state index contributed by atoms with van der Waals surface area (Å²) in [6.07, 6.45) is 0. The summed E-state index contributed by atoms with van der Waals surface area (Å²) in [5.74, 6) is 0.172. The van der Waals surface area contributed by atoms with Gasteiger partial charge < -0.3 is 10.1 Å². The predicted octanol–water partition coefficient (Wildman–Crippen LogP) is 3.64. The van der Waals surface area contributed by atoms with Crippen molar-refractivity contribution < 1.29 is 14.3 Å². The van der Waals surface area contributed by atoms with Crippen LogP contribution in [0.2, 0.25) is 5.02 Å². The molecule has 4 nitrogen and oxygen atoms in total. The predicted molar refractivity (Wildman–Crippen MR) is 94.9 cm³/mol. The van der Waals surface area contributed by atoms with Gasteiger partial charge in [-0.25, -0.2) is 0 Å². The van der Waals surface area contributed by atoms with E-state index in [1.165, 1.54) is 0 Å². The van der Waals surface area contributed by atoms with Crippen molar-refractivity contribution in [3.8, 4) is 5.75 Å². The highest BCUT2D eigenvalue weighted by Crippen LogP contribution is 2.25. The molecule has 0 bridgehead atoms. The van der Waals surface area contributed by atoms with Gasteiger partial charge >= 0.3 is 0 Å². The zero-order valence-corrected chi connectivity index (χ0v) is 14.7. The van der Waals surface area contributed by atoms with Gasteiger partial charge in [0.15, 0.2) is 12.4 Å². The van der Waals surface area contributed by atoms with Crippen molar-refractivity contribution in [2.75, 3.05) is 13.2 Å². The Morgan fingerprint density at radius 2 is 1.79 bits per heavy atom. The fourth-order valence-electron chi connectivity index (χ4n) is 2.28. The molecule has 0 saturated heterocycles. The fraction of sp³-hybridized carbons (Fsp3) is 0.263. The first-order chi connectivity index (χ1) is 11.4. The molecule has 2 rings (SSSR count). The smallest absolute Gasteiger partial charge is 0.258 e. The second kappa shape index (κ2) is 7.97. The number of rotatable bonds is 6. The number of amides is 1. The molecule has 2 aromatic carbocycles. The number of carbonyl (C=O) groups excluding carboxylic acids is 2. The number of hydrogen-bond donors (Lipinski definition) is 1. The quantitative estimate of drug-likeness (QED) is 0.813. The largest absolute Gasteiger partial charge is 0.483 e. The molecule has 0 spiro atoms. The van der Waals surface area contributed by atoms with Crippen LogP contribution in [0.3, 0.4) is 0 Å². The third-order valence-electron chi connectivity index (χ3n) is 3.81. The van der Waals surface area contributed by atoms with Crippen LogP contribution in [-0.4, -0.2) is 24.8 Å². The Morgan fingerprint density at radius 3 is 2.50 bits per heavy atom. The lowest BCUT2D eigenvalue weighted by molar-refractivity contribution is -0.122. The van der Waals surface area contributed by atoms with Crippen LogP contribution in [-0.2, 0) is 4.79 Å². The molecule has 24 heavy (non-hydrogen) atoms. The molecule has 2 aromatic rings. The highest BCUT2D eigenvalue weighted by atomic mass is 35.5. The molecule has 1 N–H and O–H groups in total. The summed E-state index contributed by atoms with van der Waals surface area (Å²) < 4.78 is 5.62. The van der Waals surface area contributed by atoms with Gasteiger partial charge in [-0.15, -0.1) is 0 Å². The second-order valence-corrected chi connectivity index (χ2v) is 6.09. The van der Waals surface area contributed by atoms with Crippen molar-refractivity contribution in [3.63, 3.8) is 0 Å². The van der Waals surface area contributed by atoms with E-state index in [2.05, 4.69) is 5.32 Å². The summed E-state index contributed by atoms with van der Waals surface area (Å²) in [5.41, 5.74) is 3.56. The van der Waals surface area contributed by atoms with Gasteiger partial charge in [-0.3, -0.25) is 9.59 Å². The first-order valence-electron chi connectivity index (χ1n) is 7.63. The summed E-state index contributed by atoms with van der Waals surface area (Å²) in [6, 6.07) is 10.6. The third-order valence-corrected chi connectivity index (χ3v) is 4.05. The van der Waals surface area contributed by atoms with Crippen molar-refractivity contribution in [1.82, 2.24) is 5.32 Å². The Balaban J connectivity index is 1.88. The van der Waals surface area contributed by atoms with Crippen LogP contribution < -0.4 is 10.1 Å². The van der Waals surface area contributed by atoms with E-state index < -0.39 is 0 Å². The Bertz CT molecular complexity index is 771. The topological polar surface area (TPSA) is 55.4 Å². The monoisotopic (exact) mass is 345 g/mol. The average Bonchev–Trinajstić information content (AvgIpc) is 2.56. The van der Waals surface area contributed by atoms with Gasteiger partial charge in [-0.2, -0.15) is 0 Å². The molecule has 0 aromatic heterocycles. The number of Topliss-reactive ketones (excluding diaryl/α,β-unsaturated/α-hetero) is 1. The lowest BCUT2D eigenvalue weighted by atomic mass is 10.1. The van der Waals surface area contributed by atoms with Gasteiger partial charge in [-0.1, -0.05) is 35.9 Å². The van der Waals surface area contributed by atoms with E-state index in [0.29, 0.717) is 16.3 Å². The van der Waals surface area contributed by atoms with Crippen molar-refractivity contribution in [1.29, 1.82) is 0 Å². The molecule has 5 heteroatoms. The second-order valence-electron chi connectivity index (χ2n) is 5.65. The Morgan fingerprint density at radius 1 is 1.08 bits per heavy atom. The van der Waals surface area contributed by atoms with E-state index in [-0.39, 0.29) is 24.8 Å². The number of benzene rings is 2. The van der Waals surface area contributed by atoms with E-state index in [1.807, 2.05) is 32.9 Å². The SMILES string of the molecule is Cc1ccc(C)c(OCC(=O)NCC(=O)c2cccc(Cl)c2)c1C. The van der Waals surface area contributed by atoms with Crippen LogP contribution in [0.1, 0.15) is 27.0 Å². The standard InChI is InChI=1S/C19H20ClNO3/c1-12-7-8-13(2)19(14(12)3)24-11-18(23)21-10-17(22)15-5-4-6-16(20)9-15/h4-9H,10-11H2,1-3H3,(H,21,23). The maximum Gasteiger partial charge on any atom is 0.258 e. The molecule has 1 amide bonds. The van der Waals surface area contributed by atoms with Crippen molar-refractivity contribution in [3.05, 3.63) is 63.7 Å². The Hall–Kier alpha value is -2.33. The van der Waals surface area contributed by atoms with Crippen LogP contribution in [0.5, 0.6) is 5.75 Å². The zero-order chi connectivity index (χ0) is 17.7. The first kappa shape index (κ1) is 18.0. The molecule has 0 saturated carbocycles. The van der Waals surface area contributed by atoms with E-state index in [9.17, 15) is 9.59 Å². The summed E-state index contributed by atoms with van der Waals surface area (Å²) in [7, 11) is 0. The molecule has 0 atom stereocenters. The highest BCUT2D eigenvalue weighted by molar-refractivity contribution is 6.31. The van der Waals surface area contributed by atoms with Gasteiger partial charge in [0, 0.05) is 10.6 Å². The zero-order valence-electron chi connectivity index (χ0n) is 14.0. The van der Waals surface area contributed by atoms with Crippen molar-refractivity contribution in [2.45, 2.75) is 20.8 Å². The molecular formula is C19H20ClNO3.